The van der Waals surface area contributed by atoms with Crippen molar-refractivity contribution < 1.29 is 19.1 Å². The van der Waals surface area contributed by atoms with Gasteiger partial charge in [0.05, 0.1) is 25.5 Å². The van der Waals surface area contributed by atoms with E-state index in [-0.39, 0.29) is 17.7 Å². The maximum absolute atomic E-state index is 12.8. The molecule has 10 heteroatoms. The van der Waals surface area contributed by atoms with Crippen LogP contribution in [-0.2, 0) is 28.9 Å². The van der Waals surface area contributed by atoms with E-state index in [1.54, 1.807) is 13.3 Å². The number of amides is 2. The van der Waals surface area contributed by atoms with Gasteiger partial charge >= 0.3 is 6.09 Å². The van der Waals surface area contributed by atoms with E-state index in [1.165, 1.54) is 11.3 Å². The number of carbonyl (C=O) groups excluding carboxylic acids is 2. The molecule has 37 heavy (non-hydrogen) atoms. The number of aromatic nitrogens is 2. The number of fused-ring (bicyclic) bond motifs is 1. The van der Waals surface area contributed by atoms with E-state index in [1.807, 2.05) is 38.1 Å². The first-order valence-corrected chi connectivity index (χ1v) is 13.1. The van der Waals surface area contributed by atoms with Gasteiger partial charge in [0.2, 0.25) is 5.91 Å². The molecule has 0 aliphatic heterocycles. The maximum atomic E-state index is 12.8. The van der Waals surface area contributed by atoms with Crippen LogP contribution in [0.3, 0.4) is 0 Å². The Hall–Kier alpha value is -3.84. The van der Waals surface area contributed by atoms with Gasteiger partial charge in [0.25, 0.3) is 0 Å². The topological polar surface area (TPSA) is 129 Å². The molecule has 0 radical (unpaired) electrons. The summed E-state index contributed by atoms with van der Waals surface area (Å²) in [6, 6.07) is 9.98. The highest BCUT2D eigenvalue weighted by Crippen LogP contribution is 2.39. The number of H-pyrrole nitrogens is 1. The average molecular weight is 522 g/mol. The van der Waals surface area contributed by atoms with Crippen molar-refractivity contribution >= 4 is 28.3 Å². The minimum absolute atomic E-state index is 0.000297. The number of nitriles is 1. The van der Waals surface area contributed by atoms with E-state index >= 15 is 0 Å². The Bertz CT molecular complexity index is 1310. The van der Waals surface area contributed by atoms with Gasteiger partial charge in [-0.05, 0) is 61.3 Å². The van der Waals surface area contributed by atoms with Gasteiger partial charge in [-0.3, -0.25) is 9.89 Å². The van der Waals surface area contributed by atoms with Crippen LogP contribution >= 0.6 is 11.3 Å². The molecule has 2 unspecified atom stereocenters. The number of nitrogens with zero attached hydrogens (tertiary/aromatic N) is 2. The minimum Gasteiger partial charge on any atom is -0.497 e. The van der Waals surface area contributed by atoms with Gasteiger partial charge in [-0.15, -0.1) is 11.3 Å². The fourth-order valence-electron chi connectivity index (χ4n) is 4.49. The van der Waals surface area contributed by atoms with Gasteiger partial charge in [-0.25, -0.2) is 4.79 Å². The third-order valence-corrected chi connectivity index (χ3v) is 7.86. The number of methoxy groups -OCH3 is 1. The van der Waals surface area contributed by atoms with Gasteiger partial charge in [-0.2, -0.15) is 10.4 Å². The predicted octanol–water partition coefficient (Wildman–Crippen LogP) is 4.82. The summed E-state index contributed by atoms with van der Waals surface area (Å²) in [6.07, 6.45) is 3.75. The van der Waals surface area contributed by atoms with Crippen LogP contribution in [0.2, 0.25) is 0 Å². The van der Waals surface area contributed by atoms with Crippen molar-refractivity contribution in [2.45, 2.75) is 52.0 Å². The van der Waals surface area contributed by atoms with Crippen LogP contribution in [0.1, 0.15) is 58.5 Å². The number of alkyl carbamates (subject to hydrolysis) is 1. The zero-order valence-corrected chi connectivity index (χ0v) is 22.0. The van der Waals surface area contributed by atoms with E-state index < -0.39 is 6.09 Å². The van der Waals surface area contributed by atoms with Crippen LogP contribution in [-0.4, -0.2) is 35.9 Å². The van der Waals surface area contributed by atoms with Crippen LogP contribution in [0.25, 0.3) is 0 Å². The molecule has 2 heterocycles. The highest BCUT2D eigenvalue weighted by Gasteiger charge is 2.27. The zero-order valence-electron chi connectivity index (χ0n) is 21.2. The lowest BCUT2D eigenvalue weighted by Gasteiger charge is -2.21. The van der Waals surface area contributed by atoms with E-state index in [0.717, 1.165) is 39.4 Å². The number of hydrogen-bond donors (Lipinski definition) is 3. The first-order chi connectivity index (χ1) is 17.9. The van der Waals surface area contributed by atoms with Crippen molar-refractivity contribution in [2.75, 3.05) is 19.0 Å². The van der Waals surface area contributed by atoms with E-state index in [4.69, 9.17) is 9.47 Å². The highest BCUT2D eigenvalue weighted by molar-refractivity contribution is 7.16. The Morgan fingerprint density at radius 2 is 2.22 bits per heavy atom. The van der Waals surface area contributed by atoms with Crippen molar-refractivity contribution in [1.29, 1.82) is 5.26 Å². The normalized spacial score (nSPS) is 15.2. The first-order valence-electron chi connectivity index (χ1n) is 12.3. The second-order valence-electron chi connectivity index (χ2n) is 9.33. The Morgan fingerprint density at radius 3 is 2.95 bits per heavy atom. The Balaban J connectivity index is 1.31. The Labute approximate surface area is 220 Å². The Morgan fingerprint density at radius 1 is 1.38 bits per heavy atom. The van der Waals surface area contributed by atoms with Crippen LogP contribution in [0.4, 0.5) is 9.80 Å². The molecule has 1 aliphatic carbocycles. The molecule has 9 nitrogen and oxygen atoms in total. The number of benzene rings is 1. The lowest BCUT2D eigenvalue weighted by Crippen LogP contribution is -2.27. The van der Waals surface area contributed by atoms with E-state index in [2.05, 4.69) is 26.9 Å². The van der Waals surface area contributed by atoms with Gasteiger partial charge in [-0.1, -0.05) is 19.1 Å². The van der Waals surface area contributed by atoms with Crippen LogP contribution in [0.5, 0.6) is 5.75 Å². The highest BCUT2D eigenvalue weighted by atomic mass is 32.1. The third kappa shape index (κ3) is 6.49. The summed E-state index contributed by atoms with van der Waals surface area (Å²) < 4.78 is 10.7. The number of carbonyl (C=O) groups is 2. The fraction of sp³-hybridized carbons (Fsp3) is 0.407. The van der Waals surface area contributed by atoms with Crippen LogP contribution in [0, 0.1) is 24.2 Å². The summed E-state index contributed by atoms with van der Waals surface area (Å²) in [4.78, 5) is 26.0. The molecule has 4 rings (SSSR count). The molecule has 2 aromatic heterocycles. The second-order valence-corrected chi connectivity index (χ2v) is 10.4. The molecule has 2 amide bonds. The molecule has 3 N–H and O–H groups in total. The summed E-state index contributed by atoms with van der Waals surface area (Å²) >= 11 is 1.45. The largest absolute Gasteiger partial charge is 0.497 e. The third-order valence-electron chi connectivity index (χ3n) is 6.69. The molecule has 1 aliphatic rings. The van der Waals surface area contributed by atoms with Gasteiger partial charge in [0.15, 0.2) is 0 Å². The molecule has 0 saturated carbocycles. The van der Waals surface area contributed by atoms with Crippen molar-refractivity contribution in [3.8, 4) is 11.8 Å². The van der Waals surface area contributed by atoms with Crippen molar-refractivity contribution in [3.63, 3.8) is 0 Å². The molecule has 2 atom stereocenters. The fourth-order valence-corrected chi connectivity index (χ4v) is 5.82. The molecule has 0 spiro atoms. The summed E-state index contributed by atoms with van der Waals surface area (Å²) in [5.74, 6) is 0.789. The number of hydrogen-bond acceptors (Lipinski definition) is 7. The summed E-state index contributed by atoms with van der Waals surface area (Å²) in [7, 11) is 1.62. The number of nitrogens with one attached hydrogen (secondary N) is 3. The zero-order chi connectivity index (χ0) is 26.4. The standard InChI is InChI=1S/C27H31N5O4S/c1-16(19-5-4-6-21(11-19)35-3)9-25(33)31-26-23(12-28)22-8-7-18(10-24(22)37-26)15-36-27(34)29-13-20-14-30-32-17(20)2/h4-6,11,14,16,18H,7-10,13,15H2,1-3H3,(H,29,34)(H,30,32)(H,31,33). The summed E-state index contributed by atoms with van der Waals surface area (Å²) in [6.45, 7) is 4.54. The smallest absolute Gasteiger partial charge is 0.407 e. The van der Waals surface area contributed by atoms with Crippen LogP contribution < -0.4 is 15.4 Å². The number of rotatable bonds is 9. The van der Waals surface area contributed by atoms with Crippen molar-refractivity contribution in [2.24, 2.45) is 5.92 Å². The number of thiophene rings is 1. The van der Waals surface area contributed by atoms with Gasteiger partial charge in [0, 0.05) is 29.1 Å². The predicted molar refractivity (Wildman–Crippen MR) is 141 cm³/mol. The van der Waals surface area contributed by atoms with E-state index in [0.29, 0.717) is 43.0 Å². The quantitative estimate of drug-likeness (QED) is 0.370. The lowest BCUT2D eigenvalue weighted by molar-refractivity contribution is -0.116. The monoisotopic (exact) mass is 521 g/mol. The van der Waals surface area contributed by atoms with Crippen LogP contribution in [0.15, 0.2) is 30.5 Å². The molecule has 1 aromatic carbocycles. The molecule has 194 valence electrons. The molecular formula is C27H31N5O4S. The van der Waals surface area contributed by atoms with Crippen molar-refractivity contribution in [1.82, 2.24) is 15.5 Å². The van der Waals surface area contributed by atoms with Gasteiger partial charge in [0.1, 0.15) is 16.8 Å². The molecule has 0 saturated heterocycles. The SMILES string of the molecule is COc1cccc(C(C)CC(=O)Nc2sc3c(c2C#N)CCC(COC(=O)NCc2cn[nH]c2C)C3)c1. The molecule has 3 aromatic rings. The first kappa shape index (κ1) is 26.2. The summed E-state index contributed by atoms with van der Waals surface area (Å²) in [5.41, 5.74) is 4.39. The molecule has 0 fully saturated rings. The van der Waals surface area contributed by atoms with Gasteiger partial charge < -0.3 is 20.1 Å². The average Bonchev–Trinajstić information content (AvgIpc) is 3.47. The molecule has 0 bridgehead atoms. The molecular weight excluding hydrogens is 490 g/mol. The van der Waals surface area contributed by atoms with Crippen molar-refractivity contribution in [3.05, 3.63) is 63.3 Å². The number of aromatic amines is 1. The second kappa shape index (κ2) is 11.9. The summed E-state index contributed by atoms with van der Waals surface area (Å²) in [5, 5.41) is 22.9. The minimum atomic E-state index is -0.464. The Kier molecular flexibility index (Phi) is 8.46. The lowest BCUT2D eigenvalue weighted by atomic mass is 9.88. The number of anilines is 1. The maximum Gasteiger partial charge on any atom is 0.407 e. The number of aryl methyl sites for hydroxylation is 1. The number of ether oxygens (including phenoxy) is 2. The van der Waals surface area contributed by atoms with E-state index in [9.17, 15) is 14.9 Å².